The minimum absolute atomic E-state index is 0.385. The number of rotatable bonds is 2. The number of aromatic amines is 1. The third-order valence-electron chi connectivity index (χ3n) is 2.95. The molecule has 6 nitrogen and oxygen atoms in total. The van der Waals surface area contributed by atoms with Crippen molar-refractivity contribution in [3.63, 3.8) is 0 Å². The summed E-state index contributed by atoms with van der Waals surface area (Å²) in [7, 11) is 0. The lowest BCUT2D eigenvalue weighted by Gasteiger charge is -2.38. The van der Waals surface area contributed by atoms with Crippen LogP contribution in [0, 0.1) is 0 Å². The van der Waals surface area contributed by atoms with E-state index in [0.29, 0.717) is 12.0 Å². The molecule has 2 heterocycles. The average Bonchev–Trinajstić information content (AvgIpc) is 2.65. The van der Waals surface area contributed by atoms with Crippen LogP contribution in [-0.2, 0) is 0 Å². The van der Waals surface area contributed by atoms with Crippen molar-refractivity contribution in [3.8, 4) is 0 Å². The quantitative estimate of drug-likeness (QED) is 0.714. The molecule has 1 aliphatic heterocycles. The number of aromatic nitrogens is 3. The maximum Gasteiger partial charge on any atom is 0.246 e. The lowest BCUT2D eigenvalue weighted by Crippen LogP contribution is -2.52. The Balaban J connectivity index is 2.02. The maximum atomic E-state index is 5.51. The van der Waals surface area contributed by atoms with Gasteiger partial charge in [-0.2, -0.15) is 4.98 Å². The first-order valence-electron chi connectivity index (χ1n) is 5.37. The molecule has 84 valence electrons. The van der Waals surface area contributed by atoms with Crippen molar-refractivity contribution < 1.29 is 0 Å². The average molecular weight is 210 g/mol. The van der Waals surface area contributed by atoms with Crippen molar-refractivity contribution in [1.29, 1.82) is 0 Å². The Bertz CT molecular complexity index is 322. The van der Waals surface area contributed by atoms with E-state index in [2.05, 4.69) is 38.8 Å². The molecule has 0 spiro atoms. The van der Waals surface area contributed by atoms with E-state index in [1.54, 1.807) is 0 Å². The smallest absolute Gasteiger partial charge is 0.246 e. The molecule has 0 saturated carbocycles. The van der Waals surface area contributed by atoms with Crippen LogP contribution in [0.15, 0.2) is 0 Å². The van der Waals surface area contributed by atoms with Crippen LogP contribution < -0.4 is 10.6 Å². The number of nitrogen functional groups attached to an aromatic ring is 1. The Hall–Kier alpha value is -1.30. The predicted octanol–water partition coefficient (Wildman–Crippen LogP) is -0.0827. The number of nitrogens with two attached hydrogens (primary N) is 1. The van der Waals surface area contributed by atoms with E-state index in [0.717, 1.165) is 32.1 Å². The lowest BCUT2D eigenvalue weighted by atomic mass is 10.2. The van der Waals surface area contributed by atoms with Crippen molar-refractivity contribution in [2.45, 2.75) is 19.9 Å². The summed E-state index contributed by atoms with van der Waals surface area (Å²) in [5.41, 5.74) is 5.51. The van der Waals surface area contributed by atoms with E-state index in [1.165, 1.54) is 0 Å². The van der Waals surface area contributed by atoms with Gasteiger partial charge in [-0.15, -0.1) is 5.10 Å². The summed E-state index contributed by atoms with van der Waals surface area (Å²) in [6.45, 7) is 8.51. The molecule has 0 radical (unpaired) electrons. The van der Waals surface area contributed by atoms with Gasteiger partial charge in [0, 0.05) is 25.7 Å². The molecule has 0 bridgehead atoms. The van der Waals surface area contributed by atoms with Crippen molar-refractivity contribution >= 4 is 11.9 Å². The molecule has 1 aromatic heterocycles. The van der Waals surface area contributed by atoms with Crippen molar-refractivity contribution in [1.82, 2.24) is 20.1 Å². The highest BCUT2D eigenvalue weighted by Gasteiger charge is 2.24. The number of hydrogen-bond acceptors (Lipinski definition) is 5. The molecule has 1 aromatic rings. The van der Waals surface area contributed by atoms with Crippen molar-refractivity contribution in [2.75, 3.05) is 36.8 Å². The zero-order valence-corrected chi connectivity index (χ0v) is 9.27. The van der Waals surface area contributed by atoms with Crippen LogP contribution in [0.4, 0.5) is 11.9 Å². The molecule has 6 heteroatoms. The number of hydrogen-bond donors (Lipinski definition) is 2. The highest BCUT2D eigenvalue weighted by atomic mass is 15.4. The van der Waals surface area contributed by atoms with E-state index in [1.807, 2.05) is 0 Å². The first kappa shape index (κ1) is 10.2. The van der Waals surface area contributed by atoms with Gasteiger partial charge in [-0.05, 0) is 13.5 Å². The molecule has 1 aliphatic rings. The van der Waals surface area contributed by atoms with E-state index < -0.39 is 0 Å². The van der Waals surface area contributed by atoms with Gasteiger partial charge in [0.15, 0.2) is 0 Å². The second-order valence-electron chi connectivity index (χ2n) is 3.94. The van der Waals surface area contributed by atoms with Gasteiger partial charge >= 0.3 is 0 Å². The third kappa shape index (κ3) is 2.04. The normalized spacial score (nSPS) is 23.3. The van der Waals surface area contributed by atoms with Crippen LogP contribution in [0.5, 0.6) is 0 Å². The van der Waals surface area contributed by atoms with E-state index in [9.17, 15) is 0 Å². The van der Waals surface area contributed by atoms with Gasteiger partial charge in [-0.3, -0.25) is 4.90 Å². The molecule has 1 fully saturated rings. The fourth-order valence-electron chi connectivity index (χ4n) is 2.05. The topological polar surface area (TPSA) is 74.1 Å². The number of H-pyrrole nitrogens is 1. The zero-order chi connectivity index (χ0) is 10.8. The Labute approximate surface area is 89.5 Å². The Morgan fingerprint density at radius 1 is 1.53 bits per heavy atom. The van der Waals surface area contributed by atoms with Crippen LogP contribution in [0.2, 0.25) is 0 Å². The minimum atomic E-state index is 0.385. The molecule has 0 aromatic carbocycles. The third-order valence-corrected chi connectivity index (χ3v) is 2.95. The van der Waals surface area contributed by atoms with E-state index >= 15 is 0 Å². The van der Waals surface area contributed by atoms with Gasteiger partial charge in [0.2, 0.25) is 11.9 Å². The molecule has 3 N–H and O–H groups in total. The second-order valence-corrected chi connectivity index (χ2v) is 3.94. The number of nitrogens with zero attached hydrogens (tertiary/aromatic N) is 4. The maximum absolute atomic E-state index is 5.51. The Morgan fingerprint density at radius 2 is 2.33 bits per heavy atom. The van der Waals surface area contributed by atoms with Crippen LogP contribution in [0.25, 0.3) is 0 Å². The van der Waals surface area contributed by atoms with Gasteiger partial charge in [0.25, 0.3) is 0 Å². The number of likely N-dealkylation sites (N-methyl/N-ethyl adjacent to an activating group) is 1. The van der Waals surface area contributed by atoms with Gasteiger partial charge < -0.3 is 10.6 Å². The van der Waals surface area contributed by atoms with E-state index in [4.69, 9.17) is 5.73 Å². The SMILES string of the molecule is CCN1CCN(c2n[nH]c(N)n2)CC1C. The summed E-state index contributed by atoms with van der Waals surface area (Å²) in [5.74, 6) is 1.10. The Morgan fingerprint density at radius 3 is 2.87 bits per heavy atom. The second kappa shape index (κ2) is 4.06. The molecule has 0 aliphatic carbocycles. The number of piperazine rings is 1. The summed E-state index contributed by atoms with van der Waals surface area (Å²) in [6, 6.07) is 0.545. The molecular weight excluding hydrogens is 192 g/mol. The van der Waals surface area contributed by atoms with Crippen LogP contribution in [-0.4, -0.2) is 52.3 Å². The number of anilines is 2. The van der Waals surface area contributed by atoms with Gasteiger partial charge in [0.1, 0.15) is 0 Å². The highest BCUT2D eigenvalue weighted by Crippen LogP contribution is 2.14. The van der Waals surface area contributed by atoms with Gasteiger partial charge in [0.05, 0.1) is 0 Å². The van der Waals surface area contributed by atoms with Crippen LogP contribution in [0.3, 0.4) is 0 Å². The fourth-order valence-corrected chi connectivity index (χ4v) is 2.05. The standard InChI is InChI=1S/C9H18N6/c1-3-14-4-5-15(6-7(14)2)9-11-8(10)12-13-9/h7H,3-6H2,1-2H3,(H3,10,11,12,13). The molecule has 0 amide bonds. The summed E-state index contributed by atoms with van der Waals surface area (Å²) in [5, 5.41) is 6.74. The lowest BCUT2D eigenvalue weighted by molar-refractivity contribution is 0.198. The summed E-state index contributed by atoms with van der Waals surface area (Å²) in [6.07, 6.45) is 0. The summed E-state index contributed by atoms with van der Waals surface area (Å²) < 4.78 is 0. The molecule has 2 rings (SSSR count). The van der Waals surface area contributed by atoms with Gasteiger partial charge in [-0.1, -0.05) is 6.92 Å². The summed E-state index contributed by atoms with van der Waals surface area (Å²) in [4.78, 5) is 8.76. The highest BCUT2D eigenvalue weighted by molar-refractivity contribution is 5.34. The Kier molecular flexibility index (Phi) is 2.77. The van der Waals surface area contributed by atoms with Crippen molar-refractivity contribution in [3.05, 3.63) is 0 Å². The fraction of sp³-hybridized carbons (Fsp3) is 0.778. The first-order valence-corrected chi connectivity index (χ1v) is 5.37. The number of nitrogens with one attached hydrogen (secondary N) is 1. The van der Waals surface area contributed by atoms with Crippen LogP contribution in [0.1, 0.15) is 13.8 Å². The van der Waals surface area contributed by atoms with Gasteiger partial charge in [-0.25, -0.2) is 5.10 Å². The molecule has 15 heavy (non-hydrogen) atoms. The monoisotopic (exact) mass is 210 g/mol. The zero-order valence-electron chi connectivity index (χ0n) is 9.27. The molecule has 1 unspecified atom stereocenters. The largest absolute Gasteiger partial charge is 0.368 e. The molecule has 1 saturated heterocycles. The summed E-state index contributed by atoms with van der Waals surface area (Å²) >= 11 is 0. The molecular formula is C9H18N6. The molecule has 1 atom stereocenters. The van der Waals surface area contributed by atoms with Crippen LogP contribution >= 0.6 is 0 Å². The first-order chi connectivity index (χ1) is 7.20. The van der Waals surface area contributed by atoms with E-state index in [-0.39, 0.29) is 0 Å². The van der Waals surface area contributed by atoms with Crippen molar-refractivity contribution in [2.24, 2.45) is 0 Å². The predicted molar refractivity (Wildman–Crippen MR) is 59.7 cm³/mol. The minimum Gasteiger partial charge on any atom is -0.368 e.